The van der Waals surface area contributed by atoms with Gasteiger partial charge in [-0.25, -0.2) is 0 Å². The second-order valence-electron chi connectivity index (χ2n) is 3.54. The molecule has 0 saturated heterocycles. The van der Waals surface area contributed by atoms with Gasteiger partial charge in [-0.2, -0.15) is 5.26 Å². The Morgan fingerprint density at radius 2 is 2.14 bits per heavy atom. The fourth-order valence-electron chi connectivity index (χ4n) is 1.40. The molecule has 2 rings (SSSR count). The van der Waals surface area contributed by atoms with Crippen molar-refractivity contribution in [3.05, 3.63) is 23.8 Å². The molecule has 0 unspecified atom stereocenters. The third-order valence-electron chi connectivity index (χ3n) is 2.35. The maximum atomic E-state index is 8.78. The van der Waals surface area contributed by atoms with Gasteiger partial charge in [-0.15, -0.1) is 0 Å². The van der Waals surface area contributed by atoms with E-state index in [9.17, 15) is 0 Å². The molecule has 0 atom stereocenters. The van der Waals surface area contributed by atoms with Crippen molar-refractivity contribution in [2.75, 3.05) is 17.7 Å². The van der Waals surface area contributed by atoms with Crippen molar-refractivity contribution in [3.63, 3.8) is 0 Å². The molecule has 0 spiro atoms. The van der Waals surface area contributed by atoms with E-state index < -0.39 is 0 Å². The zero-order valence-corrected chi connectivity index (χ0v) is 8.17. The molecule has 0 aliphatic heterocycles. The van der Waals surface area contributed by atoms with Crippen molar-refractivity contribution in [3.8, 4) is 6.07 Å². The first-order valence-corrected chi connectivity index (χ1v) is 4.82. The molecule has 1 aromatic carbocycles. The summed E-state index contributed by atoms with van der Waals surface area (Å²) < 4.78 is 0. The number of nitrogens with one attached hydrogen (secondary N) is 2. The largest absolute Gasteiger partial charge is 0.386 e. The number of benzene rings is 1. The fourth-order valence-corrected chi connectivity index (χ4v) is 1.40. The first kappa shape index (κ1) is 8.89. The van der Waals surface area contributed by atoms with Gasteiger partial charge < -0.3 is 10.6 Å². The number of anilines is 2. The van der Waals surface area contributed by atoms with Gasteiger partial charge in [0.05, 0.1) is 23.0 Å². The molecule has 0 amide bonds. The van der Waals surface area contributed by atoms with Crippen molar-refractivity contribution >= 4 is 11.4 Å². The minimum atomic E-state index is 0.607. The lowest BCUT2D eigenvalue weighted by molar-refractivity contribution is 1.15. The van der Waals surface area contributed by atoms with Crippen LogP contribution < -0.4 is 10.6 Å². The SMILES string of the molecule is CNc1ccc(C#N)cc1NC1CC1. The third kappa shape index (κ3) is 1.80. The van der Waals surface area contributed by atoms with E-state index in [1.165, 1.54) is 12.8 Å². The van der Waals surface area contributed by atoms with Crippen LogP contribution >= 0.6 is 0 Å². The van der Waals surface area contributed by atoms with Crippen molar-refractivity contribution in [2.24, 2.45) is 0 Å². The molecule has 2 N–H and O–H groups in total. The molecule has 0 radical (unpaired) electrons. The summed E-state index contributed by atoms with van der Waals surface area (Å²) in [6, 6.07) is 8.40. The number of hydrogen-bond acceptors (Lipinski definition) is 3. The van der Waals surface area contributed by atoms with Gasteiger partial charge in [0.25, 0.3) is 0 Å². The van der Waals surface area contributed by atoms with Gasteiger partial charge in [-0.05, 0) is 31.0 Å². The minimum Gasteiger partial charge on any atom is -0.386 e. The van der Waals surface area contributed by atoms with Gasteiger partial charge >= 0.3 is 0 Å². The van der Waals surface area contributed by atoms with Gasteiger partial charge in [0.15, 0.2) is 0 Å². The van der Waals surface area contributed by atoms with Crippen LogP contribution in [0.4, 0.5) is 11.4 Å². The molecule has 0 aromatic heterocycles. The van der Waals surface area contributed by atoms with E-state index in [0.29, 0.717) is 11.6 Å². The first-order chi connectivity index (χ1) is 6.83. The van der Waals surface area contributed by atoms with Crippen LogP contribution in [0.2, 0.25) is 0 Å². The van der Waals surface area contributed by atoms with E-state index in [1.807, 2.05) is 25.2 Å². The standard InChI is InChI=1S/C11H13N3/c1-13-10-5-2-8(7-12)6-11(10)14-9-3-4-9/h2,5-6,9,13-14H,3-4H2,1H3. The molecule has 1 aliphatic rings. The quantitative estimate of drug-likeness (QED) is 0.762. The van der Waals surface area contributed by atoms with Crippen LogP contribution in [0.25, 0.3) is 0 Å². The Labute approximate surface area is 83.7 Å². The number of nitriles is 1. The summed E-state index contributed by atoms with van der Waals surface area (Å²) in [4.78, 5) is 0. The Hall–Kier alpha value is -1.69. The zero-order chi connectivity index (χ0) is 9.97. The Balaban J connectivity index is 2.27. The van der Waals surface area contributed by atoms with Crippen LogP contribution in [-0.2, 0) is 0 Å². The van der Waals surface area contributed by atoms with Crippen molar-refractivity contribution in [2.45, 2.75) is 18.9 Å². The van der Waals surface area contributed by atoms with Crippen LogP contribution in [-0.4, -0.2) is 13.1 Å². The second kappa shape index (κ2) is 3.59. The van der Waals surface area contributed by atoms with Crippen molar-refractivity contribution < 1.29 is 0 Å². The van der Waals surface area contributed by atoms with Crippen molar-refractivity contribution in [1.82, 2.24) is 0 Å². The predicted molar refractivity (Wildman–Crippen MR) is 57.3 cm³/mol. The topological polar surface area (TPSA) is 47.9 Å². The molecule has 0 heterocycles. The smallest absolute Gasteiger partial charge is 0.0992 e. The average Bonchev–Trinajstić information content (AvgIpc) is 3.01. The molecule has 1 saturated carbocycles. The normalized spacial score (nSPS) is 14.6. The minimum absolute atomic E-state index is 0.607. The van der Waals surface area contributed by atoms with Gasteiger partial charge in [0, 0.05) is 13.1 Å². The zero-order valence-electron chi connectivity index (χ0n) is 8.17. The van der Waals surface area contributed by atoms with Crippen LogP contribution in [0, 0.1) is 11.3 Å². The summed E-state index contributed by atoms with van der Waals surface area (Å²) in [6.45, 7) is 0. The fraction of sp³-hybridized carbons (Fsp3) is 0.364. The van der Waals surface area contributed by atoms with E-state index >= 15 is 0 Å². The van der Waals surface area contributed by atoms with E-state index in [1.54, 1.807) is 0 Å². The summed E-state index contributed by atoms with van der Waals surface area (Å²) in [7, 11) is 1.89. The van der Waals surface area contributed by atoms with E-state index in [0.717, 1.165) is 11.4 Å². The molecule has 3 nitrogen and oxygen atoms in total. The molecule has 3 heteroatoms. The first-order valence-electron chi connectivity index (χ1n) is 4.82. The molecular formula is C11H13N3. The summed E-state index contributed by atoms with van der Waals surface area (Å²) in [5.74, 6) is 0. The molecule has 1 fully saturated rings. The number of rotatable bonds is 3. The lowest BCUT2D eigenvalue weighted by Crippen LogP contribution is -2.04. The average molecular weight is 187 g/mol. The molecule has 0 bridgehead atoms. The Kier molecular flexibility index (Phi) is 2.28. The molecule has 1 aromatic rings. The van der Waals surface area contributed by atoms with Gasteiger partial charge in [-0.3, -0.25) is 0 Å². The van der Waals surface area contributed by atoms with Gasteiger partial charge in [0.1, 0.15) is 0 Å². The van der Waals surface area contributed by atoms with Crippen LogP contribution in [0.15, 0.2) is 18.2 Å². The maximum absolute atomic E-state index is 8.78. The van der Waals surface area contributed by atoms with Crippen molar-refractivity contribution in [1.29, 1.82) is 5.26 Å². The highest BCUT2D eigenvalue weighted by Gasteiger charge is 2.21. The molecule has 72 valence electrons. The number of hydrogen-bond donors (Lipinski definition) is 2. The van der Waals surface area contributed by atoms with Gasteiger partial charge in [0.2, 0.25) is 0 Å². The Morgan fingerprint density at radius 3 is 2.71 bits per heavy atom. The molecule has 1 aliphatic carbocycles. The summed E-state index contributed by atoms with van der Waals surface area (Å²) in [5, 5.41) is 15.3. The highest BCUT2D eigenvalue weighted by atomic mass is 15.0. The summed E-state index contributed by atoms with van der Waals surface area (Å²) in [6.07, 6.45) is 2.47. The van der Waals surface area contributed by atoms with Crippen LogP contribution in [0.3, 0.4) is 0 Å². The molecular weight excluding hydrogens is 174 g/mol. The van der Waals surface area contributed by atoms with E-state index in [-0.39, 0.29) is 0 Å². The second-order valence-corrected chi connectivity index (χ2v) is 3.54. The number of nitrogens with zero attached hydrogens (tertiary/aromatic N) is 1. The summed E-state index contributed by atoms with van der Waals surface area (Å²) in [5.41, 5.74) is 2.79. The lowest BCUT2D eigenvalue weighted by Gasteiger charge is -2.10. The van der Waals surface area contributed by atoms with E-state index in [2.05, 4.69) is 16.7 Å². The van der Waals surface area contributed by atoms with Crippen LogP contribution in [0.1, 0.15) is 18.4 Å². The highest BCUT2D eigenvalue weighted by Crippen LogP contribution is 2.29. The van der Waals surface area contributed by atoms with E-state index in [4.69, 9.17) is 5.26 Å². The third-order valence-corrected chi connectivity index (χ3v) is 2.35. The predicted octanol–water partition coefficient (Wildman–Crippen LogP) is 2.17. The van der Waals surface area contributed by atoms with Gasteiger partial charge in [-0.1, -0.05) is 0 Å². The highest BCUT2D eigenvalue weighted by molar-refractivity contribution is 5.71. The Bertz CT molecular complexity index is 375. The lowest BCUT2D eigenvalue weighted by atomic mass is 10.2. The monoisotopic (exact) mass is 187 g/mol. The summed E-state index contributed by atoms with van der Waals surface area (Å²) >= 11 is 0. The van der Waals surface area contributed by atoms with Crippen LogP contribution in [0.5, 0.6) is 0 Å². The molecule has 14 heavy (non-hydrogen) atoms. The maximum Gasteiger partial charge on any atom is 0.0992 e. The Morgan fingerprint density at radius 1 is 1.36 bits per heavy atom.